The number of fused-ring (bicyclic) bond motifs is 1. The van der Waals surface area contributed by atoms with Crippen LogP contribution in [-0.2, 0) is 0 Å². The minimum absolute atomic E-state index is 0.462. The van der Waals surface area contributed by atoms with Crippen LogP contribution >= 0.6 is 0 Å². The maximum Gasteiger partial charge on any atom is 0.124 e. The van der Waals surface area contributed by atoms with Crippen LogP contribution in [0.15, 0.2) is 18.2 Å². The maximum atomic E-state index is 5.57. The van der Waals surface area contributed by atoms with Crippen molar-refractivity contribution in [2.75, 3.05) is 13.7 Å². The van der Waals surface area contributed by atoms with Gasteiger partial charge in [0.05, 0.1) is 6.61 Å². The van der Waals surface area contributed by atoms with Crippen LogP contribution in [0.25, 0.3) is 0 Å². The van der Waals surface area contributed by atoms with E-state index in [1.165, 1.54) is 11.1 Å². The van der Waals surface area contributed by atoms with Gasteiger partial charge in [0.15, 0.2) is 0 Å². The number of hydrogen-bond donors (Lipinski definition) is 1. The Labute approximate surface area is 78.9 Å². The second kappa shape index (κ2) is 3.38. The minimum atomic E-state index is 0.462. The summed E-state index contributed by atoms with van der Waals surface area (Å²) in [6.45, 7) is 2.93. The van der Waals surface area contributed by atoms with Gasteiger partial charge in [0, 0.05) is 18.0 Å². The first-order valence-corrected chi connectivity index (χ1v) is 4.72. The monoisotopic (exact) mass is 177 g/mol. The molecule has 0 fully saturated rings. The zero-order valence-electron chi connectivity index (χ0n) is 8.13. The van der Waals surface area contributed by atoms with E-state index in [1.807, 2.05) is 7.05 Å². The van der Waals surface area contributed by atoms with E-state index in [9.17, 15) is 0 Å². The van der Waals surface area contributed by atoms with E-state index in [1.54, 1.807) is 0 Å². The first kappa shape index (κ1) is 8.57. The molecule has 2 rings (SSSR count). The number of ether oxygens (including phenoxy) is 1. The van der Waals surface area contributed by atoms with Gasteiger partial charge in [-0.25, -0.2) is 0 Å². The van der Waals surface area contributed by atoms with Crippen LogP contribution < -0.4 is 10.1 Å². The Hall–Kier alpha value is -1.02. The van der Waals surface area contributed by atoms with E-state index in [4.69, 9.17) is 4.74 Å². The third kappa shape index (κ3) is 1.54. The molecular formula is C11H15NO. The van der Waals surface area contributed by atoms with E-state index < -0.39 is 0 Å². The van der Waals surface area contributed by atoms with Crippen LogP contribution in [0.5, 0.6) is 5.75 Å². The van der Waals surface area contributed by atoms with E-state index in [0.717, 1.165) is 18.8 Å². The molecular weight excluding hydrogens is 162 g/mol. The van der Waals surface area contributed by atoms with E-state index >= 15 is 0 Å². The summed E-state index contributed by atoms with van der Waals surface area (Å²) in [5.74, 6) is 1.04. The molecule has 0 amide bonds. The first-order chi connectivity index (χ1) is 6.31. The molecule has 0 spiro atoms. The van der Waals surface area contributed by atoms with E-state index in [-0.39, 0.29) is 0 Å². The van der Waals surface area contributed by atoms with Gasteiger partial charge < -0.3 is 10.1 Å². The Morgan fingerprint density at radius 3 is 3.08 bits per heavy atom. The first-order valence-electron chi connectivity index (χ1n) is 4.72. The summed E-state index contributed by atoms with van der Waals surface area (Å²) in [4.78, 5) is 0. The van der Waals surface area contributed by atoms with E-state index in [2.05, 4.69) is 30.4 Å². The van der Waals surface area contributed by atoms with Gasteiger partial charge in [-0.1, -0.05) is 17.7 Å². The Balaban J connectivity index is 2.41. The van der Waals surface area contributed by atoms with Crippen molar-refractivity contribution in [1.29, 1.82) is 0 Å². The van der Waals surface area contributed by atoms with Crippen molar-refractivity contribution >= 4 is 0 Å². The van der Waals surface area contributed by atoms with Crippen molar-refractivity contribution in [1.82, 2.24) is 5.32 Å². The van der Waals surface area contributed by atoms with Crippen LogP contribution in [0.4, 0.5) is 0 Å². The predicted molar refractivity (Wildman–Crippen MR) is 53.1 cm³/mol. The summed E-state index contributed by atoms with van der Waals surface area (Å²) >= 11 is 0. The van der Waals surface area contributed by atoms with Crippen LogP contribution in [0.3, 0.4) is 0 Å². The lowest BCUT2D eigenvalue weighted by molar-refractivity contribution is 0.257. The van der Waals surface area contributed by atoms with Crippen LogP contribution in [0, 0.1) is 6.92 Å². The molecule has 0 bridgehead atoms. The number of hydrogen-bond acceptors (Lipinski definition) is 2. The fraction of sp³-hybridized carbons (Fsp3) is 0.455. The van der Waals surface area contributed by atoms with Crippen LogP contribution in [-0.4, -0.2) is 13.7 Å². The normalized spacial score (nSPS) is 20.6. The molecule has 0 saturated heterocycles. The lowest BCUT2D eigenvalue weighted by atomic mass is 9.99. The largest absolute Gasteiger partial charge is 0.493 e. The molecule has 0 radical (unpaired) electrons. The molecule has 0 aliphatic carbocycles. The van der Waals surface area contributed by atoms with Crippen molar-refractivity contribution in [3.05, 3.63) is 29.3 Å². The van der Waals surface area contributed by atoms with Crippen molar-refractivity contribution in [3.8, 4) is 5.75 Å². The summed E-state index contributed by atoms with van der Waals surface area (Å²) in [6.07, 6.45) is 1.06. The van der Waals surface area contributed by atoms with Gasteiger partial charge in [-0.15, -0.1) is 0 Å². The average Bonchev–Trinajstić information content (AvgIpc) is 2.17. The highest BCUT2D eigenvalue weighted by molar-refractivity contribution is 5.40. The highest BCUT2D eigenvalue weighted by atomic mass is 16.5. The van der Waals surface area contributed by atoms with Gasteiger partial charge in [0.2, 0.25) is 0 Å². The molecule has 2 nitrogen and oxygen atoms in total. The molecule has 1 aliphatic rings. The van der Waals surface area contributed by atoms with E-state index in [0.29, 0.717) is 6.04 Å². The van der Waals surface area contributed by atoms with Gasteiger partial charge in [-0.05, 0) is 20.0 Å². The Morgan fingerprint density at radius 1 is 1.46 bits per heavy atom. The van der Waals surface area contributed by atoms with Gasteiger partial charge in [0.25, 0.3) is 0 Å². The van der Waals surface area contributed by atoms with Gasteiger partial charge >= 0.3 is 0 Å². The summed E-state index contributed by atoms with van der Waals surface area (Å²) in [5, 5.41) is 3.31. The van der Waals surface area contributed by atoms with Gasteiger partial charge in [-0.3, -0.25) is 0 Å². The van der Waals surface area contributed by atoms with Gasteiger partial charge in [0.1, 0.15) is 5.75 Å². The Bertz CT molecular complexity index is 309. The standard InChI is InChI=1S/C11H15NO/c1-8-3-4-11-9(7-8)10(12-2)5-6-13-11/h3-4,7,10,12H,5-6H2,1-2H3. The average molecular weight is 177 g/mol. The third-order valence-corrected chi connectivity index (χ3v) is 2.55. The Morgan fingerprint density at radius 2 is 2.31 bits per heavy atom. The molecule has 1 unspecified atom stereocenters. The second-order valence-electron chi connectivity index (χ2n) is 3.52. The highest BCUT2D eigenvalue weighted by Crippen LogP contribution is 2.32. The number of rotatable bonds is 1. The van der Waals surface area contributed by atoms with Crippen molar-refractivity contribution < 1.29 is 4.74 Å². The molecule has 13 heavy (non-hydrogen) atoms. The second-order valence-corrected chi connectivity index (χ2v) is 3.52. The summed E-state index contributed by atoms with van der Waals surface area (Å²) in [6, 6.07) is 6.82. The smallest absolute Gasteiger partial charge is 0.124 e. The minimum Gasteiger partial charge on any atom is -0.493 e. The SMILES string of the molecule is CNC1CCOc2ccc(C)cc21. The molecule has 70 valence electrons. The Kier molecular flexibility index (Phi) is 2.23. The van der Waals surface area contributed by atoms with Crippen molar-refractivity contribution in [2.45, 2.75) is 19.4 Å². The number of nitrogens with one attached hydrogen (secondary N) is 1. The molecule has 2 heteroatoms. The molecule has 1 aromatic rings. The molecule has 1 aliphatic heterocycles. The quantitative estimate of drug-likeness (QED) is 0.708. The highest BCUT2D eigenvalue weighted by Gasteiger charge is 2.19. The van der Waals surface area contributed by atoms with Crippen molar-refractivity contribution in [3.63, 3.8) is 0 Å². The van der Waals surface area contributed by atoms with Crippen molar-refractivity contribution in [2.24, 2.45) is 0 Å². The van der Waals surface area contributed by atoms with Gasteiger partial charge in [-0.2, -0.15) is 0 Å². The predicted octanol–water partition coefficient (Wildman–Crippen LogP) is 2.04. The fourth-order valence-electron chi connectivity index (χ4n) is 1.81. The fourth-order valence-corrected chi connectivity index (χ4v) is 1.81. The summed E-state index contributed by atoms with van der Waals surface area (Å²) < 4.78 is 5.57. The summed E-state index contributed by atoms with van der Waals surface area (Å²) in [5.41, 5.74) is 2.60. The van der Waals surface area contributed by atoms with Crippen LogP contribution in [0.1, 0.15) is 23.6 Å². The topological polar surface area (TPSA) is 21.3 Å². The zero-order valence-corrected chi connectivity index (χ0v) is 8.13. The number of aryl methyl sites for hydroxylation is 1. The maximum absolute atomic E-state index is 5.57. The molecule has 1 N–H and O–H groups in total. The van der Waals surface area contributed by atoms with Crippen LogP contribution in [0.2, 0.25) is 0 Å². The lowest BCUT2D eigenvalue weighted by Gasteiger charge is -2.25. The summed E-state index contributed by atoms with van der Waals surface area (Å²) in [7, 11) is 2.00. The molecule has 1 atom stereocenters. The molecule has 1 aromatic carbocycles. The molecule has 0 aromatic heterocycles. The third-order valence-electron chi connectivity index (χ3n) is 2.55. The zero-order chi connectivity index (χ0) is 9.26. The molecule has 0 saturated carbocycles. The molecule has 1 heterocycles. The lowest BCUT2D eigenvalue weighted by Crippen LogP contribution is -2.23. The number of benzene rings is 1.